The average molecular weight is 359 g/mol. The number of thiazole rings is 1. The Morgan fingerprint density at radius 2 is 1.92 bits per heavy atom. The molecule has 1 N–H and O–H groups in total. The van der Waals surface area contributed by atoms with E-state index < -0.39 is 10.0 Å². The molecule has 2 heterocycles. The van der Waals surface area contributed by atoms with Gasteiger partial charge in [0.25, 0.3) is 0 Å². The smallest absolute Gasteiger partial charge is 0.240 e. The molecule has 2 aromatic heterocycles. The number of aryl methyl sites for hydroxylation is 1. The number of hydrogen-bond acceptors (Lipinski definition) is 5. The molecule has 0 fully saturated rings. The topological polar surface area (TPSA) is 72.0 Å². The monoisotopic (exact) mass is 359 g/mol. The molecule has 1 aromatic carbocycles. The van der Waals surface area contributed by atoms with E-state index in [2.05, 4.69) is 14.7 Å². The van der Waals surface area contributed by atoms with E-state index >= 15 is 0 Å². The van der Waals surface area contributed by atoms with Crippen molar-refractivity contribution >= 4 is 21.4 Å². The van der Waals surface area contributed by atoms with Crippen LogP contribution in [0.25, 0.3) is 10.6 Å². The van der Waals surface area contributed by atoms with Gasteiger partial charge in [0.2, 0.25) is 10.0 Å². The lowest BCUT2D eigenvalue weighted by Gasteiger charge is -2.05. The van der Waals surface area contributed by atoms with Crippen LogP contribution in [0.4, 0.5) is 0 Å². The summed E-state index contributed by atoms with van der Waals surface area (Å²) in [6.45, 7) is 2.28. The summed E-state index contributed by atoms with van der Waals surface area (Å²) in [7, 11) is -3.46. The minimum atomic E-state index is -3.46. The quantitative estimate of drug-likeness (QED) is 0.734. The van der Waals surface area contributed by atoms with Gasteiger partial charge in [-0.25, -0.2) is 18.1 Å². The highest BCUT2D eigenvalue weighted by molar-refractivity contribution is 7.89. The molecule has 24 heavy (non-hydrogen) atoms. The van der Waals surface area contributed by atoms with Gasteiger partial charge in [0.15, 0.2) is 0 Å². The Morgan fingerprint density at radius 1 is 1.12 bits per heavy atom. The van der Waals surface area contributed by atoms with E-state index in [1.165, 1.54) is 0 Å². The van der Waals surface area contributed by atoms with Crippen LogP contribution >= 0.6 is 11.3 Å². The molecule has 0 aliphatic heterocycles. The number of pyridine rings is 1. The highest BCUT2D eigenvalue weighted by atomic mass is 32.2. The van der Waals surface area contributed by atoms with Crippen molar-refractivity contribution in [3.63, 3.8) is 0 Å². The highest BCUT2D eigenvalue weighted by Crippen LogP contribution is 2.27. The molecular weight excluding hydrogens is 342 g/mol. The van der Waals surface area contributed by atoms with Crippen LogP contribution in [0.5, 0.6) is 0 Å². The molecule has 0 aliphatic rings. The Hall–Kier alpha value is -2.09. The first kappa shape index (κ1) is 16.8. The second-order valence-corrected chi connectivity index (χ2v) is 8.08. The SMILES string of the molecule is Cc1nc(-c2cccnc2)sc1CCNS(=O)(=O)c1ccccc1. The fourth-order valence-corrected chi connectivity index (χ4v) is 4.36. The van der Waals surface area contributed by atoms with Crippen LogP contribution in [0.3, 0.4) is 0 Å². The Labute approximate surface area is 145 Å². The number of hydrogen-bond donors (Lipinski definition) is 1. The van der Waals surface area contributed by atoms with Crippen molar-refractivity contribution in [2.75, 3.05) is 6.54 Å². The van der Waals surface area contributed by atoms with Crippen molar-refractivity contribution in [1.82, 2.24) is 14.7 Å². The zero-order valence-electron chi connectivity index (χ0n) is 13.1. The van der Waals surface area contributed by atoms with E-state index in [1.807, 2.05) is 19.1 Å². The maximum Gasteiger partial charge on any atom is 0.240 e. The summed E-state index contributed by atoms with van der Waals surface area (Å²) in [4.78, 5) is 10.0. The maximum atomic E-state index is 12.2. The van der Waals surface area contributed by atoms with E-state index in [0.717, 1.165) is 21.1 Å². The third-order valence-electron chi connectivity index (χ3n) is 3.50. The molecule has 3 aromatic rings. The fourth-order valence-electron chi connectivity index (χ4n) is 2.25. The van der Waals surface area contributed by atoms with Gasteiger partial charge >= 0.3 is 0 Å². The van der Waals surface area contributed by atoms with Crippen molar-refractivity contribution < 1.29 is 8.42 Å². The molecule has 124 valence electrons. The lowest BCUT2D eigenvalue weighted by Crippen LogP contribution is -2.25. The normalized spacial score (nSPS) is 11.5. The molecule has 0 unspecified atom stereocenters. The maximum absolute atomic E-state index is 12.2. The van der Waals surface area contributed by atoms with Gasteiger partial charge in [-0.2, -0.15) is 0 Å². The number of sulfonamides is 1. The van der Waals surface area contributed by atoms with Crippen LogP contribution in [-0.2, 0) is 16.4 Å². The summed E-state index contributed by atoms with van der Waals surface area (Å²) in [6, 6.07) is 12.2. The van der Waals surface area contributed by atoms with Gasteiger partial charge in [-0.15, -0.1) is 11.3 Å². The predicted molar refractivity (Wildman–Crippen MR) is 95.4 cm³/mol. The van der Waals surface area contributed by atoms with Crippen LogP contribution in [0.15, 0.2) is 59.8 Å². The van der Waals surface area contributed by atoms with E-state index in [1.54, 1.807) is 54.1 Å². The van der Waals surface area contributed by atoms with Crippen LogP contribution in [0.2, 0.25) is 0 Å². The van der Waals surface area contributed by atoms with Crippen molar-refractivity contribution in [1.29, 1.82) is 0 Å². The van der Waals surface area contributed by atoms with Gasteiger partial charge in [0.1, 0.15) is 5.01 Å². The van der Waals surface area contributed by atoms with Gasteiger partial charge in [0.05, 0.1) is 10.6 Å². The minimum Gasteiger partial charge on any atom is -0.264 e. The highest BCUT2D eigenvalue weighted by Gasteiger charge is 2.14. The Bertz CT molecular complexity index is 908. The molecule has 0 saturated carbocycles. The molecule has 0 radical (unpaired) electrons. The van der Waals surface area contributed by atoms with E-state index in [-0.39, 0.29) is 4.90 Å². The van der Waals surface area contributed by atoms with Gasteiger partial charge in [-0.1, -0.05) is 18.2 Å². The van der Waals surface area contributed by atoms with Crippen molar-refractivity contribution in [3.8, 4) is 10.6 Å². The standard InChI is InChI=1S/C17H17N3O2S2/c1-13-16(23-17(20-13)14-6-5-10-18-12-14)9-11-19-24(21,22)15-7-3-2-4-8-15/h2-8,10,12,19H,9,11H2,1H3. The molecule has 0 amide bonds. The van der Waals surface area contributed by atoms with Crippen LogP contribution in [-0.4, -0.2) is 24.9 Å². The first-order valence-corrected chi connectivity index (χ1v) is 9.77. The predicted octanol–water partition coefficient (Wildman–Crippen LogP) is 3.03. The van der Waals surface area contributed by atoms with Crippen LogP contribution in [0.1, 0.15) is 10.6 Å². The molecular formula is C17H17N3O2S2. The molecule has 0 aliphatic carbocycles. The second-order valence-electron chi connectivity index (χ2n) is 5.23. The summed E-state index contributed by atoms with van der Waals surface area (Å²) in [6.07, 6.45) is 4.11. The molecule has 3 rings (SSSR count). The van der Waals surface area contributed by atoms with Gasteiger partial charge in [-0.3, -0.25) is 4.98 Å². The summed E-state index contributed by atoms with van der Waals surface area (Å²) >= 11 is 1.57. The van der Waals surface area contributed by atoms with Crippen LogP contribution < -0.4 is 4.72 Å². The number of benzene rings is 1. The van der Waals surface area contributed by atoms with Crippen molar-refractivity contribution in [3.05, 3.63) is 65.4 Å². The number of nitrogens with one attached hydrogen (secondary N) is 1. The largest absolute Gasteiger partial charge is 0.264 e. The lowest BCUT2D eigenvalue weighted by molar-refractivity contribution is 0.582. The average Bonchev–Trinajstić information content (AvgIpc) is 2.97. The number of aromatic nitrogens is 2. The third kappa shape index (κ3) is 3.87. The summed E-state index contributed by atoms with van der Waals surface area (Å²) in [5.74, 6) is 0. The third-order valence-corrected chi connectivity index (χ3v) is 6.24. The zero-order chi connectivity index (χ0) is 17.0. The fraction of sp³-hybridized carbons (Fsp3) is 0.176. The van der Waals surface area contributed by atoms with E-state index in [0.29, 0.717) is 13.0 Å². The molecule has 0 saturated heterocycles. The second kappa shape index (κ2) is 7.21. The summed E-state index contributed by atoms with van der Waals surface area (Å²) < 4.78 is 27.0. The Kier molecular flexibility index (Phi) is 5.03. The van der Waals surface area contributed by atoms with Crippen molar-refractivity contribution in [2.45, 2.75) is 18.2 Å². The minimum absolute atomic E-state index is 0.280. The molecule has 0 bridgehead atoms. The van der Waals surface area contributed by atoms with Crippen LogP contribution in [0, 0.1) is 6.92 Å². The first-order chi connectivity index (χ1) is 11.6. The Morgan fingerprint density at radius 3 is 2.62 bits per heavy atom. The van der Waals surface area contributed by atoms with Crippen molar-refractivity contribution in [2.24, 2.45) is 0 Å². The van der Waals surface area contributed by atoms with Gasteiger partial charge < -0.3 is 0 Å². The molecule has 5 nitrogen and oxygen atoms in total. The van der Waals surface area contributed by atoms with Gasteiger partial charge in [0, 0.05) is 29.4 Å². The zero-order valence-corrected chi connectivity index (χ0v) is 14.8. The molecule has 7 heteroatoms. The van der Waals surface area contributed by atoms with E-state index in [4.69, 9.17) is 0 Å². The van der Waals surface area contributed by atoms with E-state index in [9.17, 15) is 8.42 Å². The molecule has 0 spiro atoms. The lowest BCUT2D eigenvalue weighted by atomic mass is 10.3. The molecule has 0 atom stereocenters. The Balaban J connectivity index is 1.67. The summed E-state index contributed by atoms with van der Waals surface area (Å²) in [5.41, 5.74) is 1.90. The number of rotatable bonds is 6. The number of nitrogens with zero attached hydrogens (tertiary/aromatic N) is 2. The van der Waals surface area contributed by atoms with Gasteiger partial charge in [-0.05, 0) is 37.6 Å². The summed E-state index contributed by atoms with van der Waals surface area (Å²) in [5, 5.41) is 0.904. The first-order valence-electron chi connectivity index (χ1n) is 7.48.